The van der Waals surface area contributed by atoms with Crippen molar-refractivity contribution in [2.45, 2.75) is 45.9 Å². The van der Waals surface area contributed by atoms with E-state index in [0.717, 1.165) is 0 Å². The quantitative estimate of drug-likeness (QED) is 0.400. The maximum absolute atomic E-state index is 14.3. The lowest BCUT2D eigenvalue weighted by Gasteiger charge is -2.36. The van der Waals surface area contributed by atoms with Gasteiger partial charge in [0.15, 0.2) is 0 Å². The van der Waals surface area contributed by atoms with E-state index in [2.05, 4.69) is 10.2 Å². The van der Waals surface area contributed by atoms with E-state index in [1.54, 1.807) is 36.1 Å². The molecule has 224 valence electrons. The van der Waals surface area contributed by atoms with Crippen LogP contribution < -0.4 is 10.1 Å². The Kier molecular flexibility index (Phi) is 9.30. The molecule has 11 heteroatoms. The van der Waals surface area contributed by atoms with Crippen LogP contribution in [0.2, 0.25) is 0 Å². The minimum Gasteiger partial charge on any atom is -0.496 e. The van der Waals surface area contributed by atoms with E-state index >= 15 is 0 Å². The lowest BCUT2D eigenvalue weighted by atomic mass is 10.0. The summed E-state index contributed by atoms with van der Waals surface area (Å²) in [6.07, 6.45) is -0.355. The number of pyridine rings is 1. The molecular weight excluding hydrogens is 543 g/mol. The van der Waals surface area contributed by atoms with Gasteiger partial charge in [-0.15, -0.1) is 0 Å². The van der Waals surface area contributed by atoms with Gasteiger partial charge in [0, 0.05) is 43.7 Å². The summed E-state index contributed by atoms with van der Waals surface area (Å²) in [4.78, 5) is 46.8. The number of piperazine rings is 1. The molecule has 2 heterocycles. The lowest BCUT2D eigenvalue weighted by Crippen LogP contribution is -2.49. The molecule has 1 aliphatic rings. The molecule has 1 aromatic heterocycles. The van der Waals surface area contributed by atoms with Crippen LogP contribution in [0.5, 0.6) is 5.75 Å². The molecule has 0 aliphatic carbocycles. The molecule has 10 nitrogen and oxygen atoms in total. The van der Waals surface area contributed by atoms with Crippen molar-refractivity contribution in [3.8, 4) is 5.75 Å². The van der Waals surface area contributed by atoms with Crippen LogP contribution in [-0.4, -0.2) is 78.8 Å². The van der Waals surface area contributed by atoms with Crippen LogP contribution in [0.4, 0.5) is 9.18 Å². The Morgan fingerprint density at radius 1 is 1.02 bits per heavy atom. The van der Waals surface area contributed by atoms with Gasteiger partial charge in [-0.3, -0.25) is 14.7 Å². The van der Waals surface area contributed by atoms with E-state index in [4.69, 9.17) is 19.2 Å². The van der Waals surface area contributed by atoms with Gasteiger partial charge in [0.2, 0.25) is 0 Å². The molecule has 2 amide bonds. The molecule has 1 aliphatic heterocycles. The second kappa shape index (κ2) is 12.7. The maximum atomic E-state index is 14.3. The molecule has 0 saturated carbocycles. The predicted octanol–water partition coefficient (Wildman–Crippen LogP) is 4.71. The Morgan fingerprint density at radius 3 is 2.31 bits per heavy atom. The summed E-state index contributed by atoms with van der Waals surface area (Å²) < 4.78 is 30.5. The van der Waals surface area contributed by atoms with Crippen LogP contribution in [0.1, 0.15) is 65.7 Å². The monoisotopic (exact) mass is 580 g/mol. The Bertz CT molecular complexity index is 1480. The number of ether oxygens (including phenoxy) is 3. The Balaban J connectivity index is 1.64. The van der Waals surface area contributed by atoms with E-state index in [9.17, 15) is 18.8 Å². The second-order valence-corrected chi connectivity index (χ2v) is 11.1. The standard InChI is InChI=1S/C31H37FN4O6/c1-19(33-28(37)21-9-7-8-10-22(21)29(38)41-6)26-24(27(40-5)23-17-20(32)11-12-25(23)34-26)18-35-13-15-36(16-14-35)30(39)42-31(2,3)4/h7-12,17,19H,13-16,18H2,1-6H3,(H,33,37). The Morgan fingerprint density at radius 2 is 1.69 bits per heavy atom. The SMILES string of the molecule is COC(=O)c1ccccc1C(=O)NC(C)c1nc2ccc(F)cc2c(OC)c1CN1CCN(C(=O)OC(C)(C)C)CC1. The second-order valence-electron chi connectivity index (χ2n) is 11.1. The van der Waals surface area contributed by atoms with Crippen molar-refractivity contribution in [3.05, 3.63) is 70.7 Å². The van der Waals surface area contributed by atoms with Crippen molar-refractivity contribution in [1.82, 2.24) is 20.1 Å². The summed E-state index contributed by atoms with van der Waals surface area (Å²) in [6, 6.07) is 10.1. The summed E-state index contributed by atoms with van der Waals surface area (Å²) in [6.45, 7) is 9.75. The summed E-state index contributed by atoms with van der Waals surface area (Å²) in [5.74, 6) is -1.05. The number of amides is 2. The Labute approximate surface area is 244 Å². The number of hydrogen-bond acceptors (Lipinski definition) is 8. The fourth-order valence-electron chi connectivity index (χ4n) is 4.96. The van der Waals surface area contributed by atoms with Crippen molar-refractivity contribution >= 4 is 28.9 Å². The third-order valence-electron chi connectivity index (χ3n) is 6.97. The molecule has 1 atom stereocenters. The molecule has 0 radical (unpaired) electrons. The third-order valence-corrected chi connectivity index (χ3v) is 6.97. The zero-order chi connectivity index (χ0) is 30.6. The molecule has 1 saturated heterocycles. The number of carbonyl (C=O) groups excluding carboxylic acids is 3. The summed E-state index contributed by atoms with van der Waals surface area (Å²) >= 11 is 0. The number of aromatic nitrogens is 1. The van der Waals surface area contributed by atoms with Crippen molar-refractivity contribution in [2.75, 3.05) is 40.4 Å². The largest absolute Gasteiger partial charge is 0.496 e. The first-order valence-corrected chi connectivity index (χ1v) is 13.8. The van der Waals surface area contributed by atoms with Gasteiger partial charge in [-0.2, -0.15) is 0 Å². The van der Waals surface area contributed by atoms with Gasteiger partial charge in [-0.25, -0.2) is 14.0 Å². The molecule has 3 aromatic rings. The number of methoxy groups -OCH3 is 2. The van der Waals surface area contributed by atoms with Crippen molar-refractivity contribution in [1.29, 1.82) is 0 Å². The van der Waals surface area contributed by atoms with E-state index in [-0.39, 0.29) is 17.2 Å². The van der Waals surface area contributed by atoms with Crippen molar-refractivity contribution in [3.63, 3.8) is 0 Å². The molecular formula is C31H37FN4O6. The molecule has 1 unspecified atom stereocenters. The summed E-state index contributed by atoms with van der Waals surface area (Å²) in [5, 5.41) is 3.47. The zero-order valence-electron chi connectivity index (χ0n) is 24.8. The lowest BCUT2D eigenvalue weighted by molar-refractivity contribution is 0.0138. The van der Waals surface area contributed by atoms with Gasteiger partial charge in [0.05, 0.1) is 42.6 Å². The van der Waals surface area contributed by atoms with Crippen molar-refractivity contribution in [2.24, 2.45) is 0 Å². The normalized spacial score (nSPS) is 14.8. The van der Waals surface area contributed by atoms with Crippen LogP contribution >= 0.6 is 0 Å². The first-order valence-electron chi connectivity index (χ1n) is 13.8. The Hall–Kier alpha value is -4.25. The van der Waals surface area contributed by atoms with Crippen molar-refractivity contribution < 1.29 is 33.0 Å². The maximum Gasteiger partial charge on any atom is 0.410 e. The average molecular weight is 581 g/mol. The number of esters is 1. The van der Waals surface area contributed by atoms with E-state index in [1.165, 1.54) is 32.4 Å². The van der Waals surface area contributed by atoms with E-state index in [1.807, 2.05) is 20.8 Å². The molecule has 0 spiro atoms. The highest BCUT2D eigenvalue weighted by atomic mass is 19.1. The van der Waals surface area contributed by atoms with Gasteiger partial charge in [0.1, 0.15) is 17.2 Å². The third kappa shape index (κ3) is 6.96. The fourth-order valence-corrected chi connectivity index (χ4v) is 4.96. The number of hydrogen-bond donors (Lipinski definition) is 1. The van der Waals surface area contributed by atoms with E-state index < -0.39 is 29.3 Å². The van der Waals surface area contributed by atoms with Gasteiger partial charge in [0.25, 0.3) is 5.91 Å². The number of rotatable bonds is 7. The van der Waals surface area contributed by atoms with Gasteiger partial charge in [-0.1, -0.05) is 12.1 Å². The van der Waals surface area contributed by atoms with Crippen LogP contribution in [0.15, 0.2) is 42.5 Å². The van der Waals surface area contributed by atoms with E-state index in [0.29, 0.717) is 60.6 Å². The highest BCUT2D eigenvalue weighted by Crippen LogP contribution is 2.35. The summed E-state index contributed by atoms with van der Waals surface area (Å²) in [7, 11) is 2.77. The first kappa shape index (κ1) is 30.7. The molecule has 4 rings (SSSR count). The van der Waals surface area contributed by atoms with Crippen LogP contribution in [0.25, 0.3) is 10.9 Å². The molecule has 42 heavy (non-hydrogen) atoms. The number of halogens is 1. The minimum atomic E-state index is -0.618. The van der Waals surface area contributed by atoms with Crippen LogP contribution in [0.3, 0.4) is 0 Å². The zero-order valence-corrected chi connectivity index (χ0v) is 24.8. The number of carbonyl (C=O) groups is 3. The van der Waals surface area contributed by atoms with Gasteiger partial charge >= 0.3 is 12.1 Å². The summed E-state index contributed by atoms with van der Waals surface area (Å²) in [5.41, 5.74) is 1.48. The number of benzene rings is 2. The van der Waals surface area contributed by atoms with Gasteiger partial charge in [-0.05, 0) is 58.0 Å². The molecule has 1 N–H and O–H groups in total. The number of nitrogens with zero attached hydrogens (tertiary/aromatic N) is 3. The first-order chi connectivity index (χ1) is 19.9. The molecule has 1 fully saturated rings. The highest BCUT2D eigenvalue weighted by molar-refractivity contribution is 6.05. The minimum absolute atomic E-state index is 0.146. The number of fused-ring (bicyclic) bond motifs is 1. The fraction of sp³-hybridized carbons (Fsp3) is 0.419. The predicted molar refractivity (Wildman–Crippen MR) is 155 cm³/mol. The van der Waals surface area contributed by atoms with Crippen LogP contribution in [0, 0.1) is 5.82 Å². The molecule has 2 aromatic carbocycles. The average Bonchev–Trinajstić information content (AvgIpc) is 2.95. The highest BCUT2D eigenvalue weighted by Gasteiger charge is 2.29. The molecule has 0 bridgehead atoms. The topological polar surface area (TPSA) is 110 Å². The van der Waals surface area contributed by atoms with Gasteiger partial charge < -0.3 is 24.4 Å². The van der Waals surface area contributed by atoms with Crippen LogP contribution in [-0.2, 0) is 16.0 Å². The number of nitrogens with one attached hydrogen (secondary N) is 1. The smallest absolute Gasteiger partial charge is 0.410 e.